The maximum Gasteiger partial charge on any atom is 0.254 e. The van der Waals surface area contributed by atoms with E-state index >= 15 is 0 Å². The molecule has 0 saturated carbocycles. The normalized spacial score (nSPS) is 13.2. The third-order valence-electron chi connectivity index (χ3n) is 4.80. The molecule has 0 bridgehead atoms. The average Bonchev–Trinajstić information content (AvgIpc) is 2.73. The van der Waals surface area contributed by atoms with E-state index in [0.29, 0.717) is 47.7 Å². The van der Waals surface area contributed by atoms with Crippen LogP contribution in [0.4, 0.5) is 4.39 Å². The predicted molar refractivity (Wildman–Crippen MR) is 99.7 cm³/mol. The highest BCUT2D eigenvalue weighted by Gasteiger charge is 2.24. The number of fused-ring (bicyclic) bond motifs is 1. The summed E-state index contributed by atoms with van der Waals surface area (Å²) in [6.07, 6.45) is 5.55. The van der Waals surface area contributed by atoms with Crippen molar-refractivity contribution in [1.29, 1.82) is 0 Å². The van der Waals surface area contributed by atoms with Gasteiger partial charge in [0.05, 0.1) is 18.4 Å². The first-order valence-corrected chi connectivity index (χ1v) is 9.01. The number of nitrogens with zero attached hydrogens (tertiary/aromatic N) is 4. The number of halogens is 1. The molecule has 0 aliphatic carbocycles. The Kier molecular flexibility index (Phi) is 4.92. The summed E-state index contributed by atoms with van der Waals surface area (Å²) in [7, 11) is 0. The van der Waals surface area contributed by atoms with E-state index in [1.165, 1.54) is 24.7 Å². The quantitative estimate of drug-likeness (QED) is 0.747. The summed E-state index contributed by atoms with van der Waals surface area (Å²) in [5.74, 6) is -0.0596. The molecule has 0 atom stereocenters. The second-order valence-electron chi connectivity index (χ2n) is 6.59. The summed E-state index contributed by atoms with van der Waals surface area (Å²) in [6, 6.07) is 6.45. The minimum absolute atomic E-state index is 0.0861. The van der Waals surface area contributed by atoms with Crippen LogP contribution in [0.3, 0.4) is 0 Å². The zero-order valence-corrected chi connectivity index (χ0v) is 15.1. The van der Waals surface area contributed by atoms with Gasteiger partial charge in [0, 0.05) is 30.9 Å². The van der Waals surface area contributed by atoms with Gasteiger partial charge in [-0.15, -0.1) is 0 Å². The smallest absolute Gasteiger partial charge is 0.254 e. The van der Waals surface area contributed by atoms with E-state index in [2.05, 4.69) is 19.9 Å². The van der Waals surface area contributed by atoms with Crippen LogP contribution in [-0.2, 0) is 24.2 Å². The summed E-state index contributed by atoms with van der Waals surface area (Å²) < 4.78 is 13.7. The number of hydrogen-bond acceptors (Lipinski definition) is 5. The predicted octanol–water partition coefficient (Wildman–Crippen LogP) is 1.88. The summed E-state index contributed by atoms with van der Waals surface area (Å²) in [6.45, 7) is 0.695. The van der Waals surface area contributed by atoms with Crippen molar-refractivity contribution in [3.63, 3.8) is 0 Å². The third kappa shape index (κ3) is 3.66. The van der Waals surface area contributed by atoms with Crippen molar-refractivity contribution in [2.75, 3.05) is 6.54 Å². The molecule has 0 radical (unpaired) electrons. The van der Waals surface area contributed by atoms with Crippen LogP contribution < -0.4 is 5.56 Å². The number of aromatic nitrogens is 4. The van der Waals surface area contributed by atoms with Crippen LogP contribution in [-0.4, -0.2) is 37.3 Å². The lowest BCUT2D eigenvalue weighted by molar-refractivity contribution is -0.132. The summed E-state index contributed by atoms with van der Waals surface area (Å²) in [5, 5.41) is 0. The Labute approximate surface area is 160 Å². The van der Waals surface area contributed by atoms with Gasteiger partial charge >= 0.3 is 0 Å². The first kappa shape index (κ1) is 18.0. The average molecular weight is 379 g/mol. The van der Waals surface area contributed by atoms with E-state index in [-0.39, 0.29) is 30.2 Å². The van der Waals surface area contributed by atoms with E-state index in [0.717, 1.165) is 0 Å². The van der Waals surface area contributed by atoms with Crippen LogP contribution >= 0.6 is 0 Å². The fourth-order valence-corrected chi connectivity index (χ4v) is 3.30. The Morgan fingerprint density at radius 1 is 1.25 bits per heavy atom. The van der Waals surface area contributed by atoms with Crippen LogP contribution in [0.15, 0.2) is 47.7 Å². The largest absolute Gasteiger partial charge is 0.336 e. The Morgan fingerprint density at radius 3 is 2.89 bits per heavy atom. The zero-order valence-electron chi connectivity index (χ0n) is 15.1. The van der Waals surface area contributed by atoms with Crippen molar-refractivity contribution >= 4 is 5.91 Å². The summed E-state index contributed by atoms with van der Waals surface area (Å²) in [5.41, 5.74) is 1.92. The molecule has 7 nitrogen and oxygen atoms in total. The Morgan fingerprint density at radius 2 is 2.11 bits per heavy atom. The van der Waals surface area contributed by atoms with Crippen molar-refractivity contribution in [3.05, 3.63) is 75.8 Å². The molecule has 0 spiro atoms. The lowest BCUT2D eigenvalue weighted by Crippen LogP contribution is -2.39. The maximum atomic E-state index is 13.7. The molecule has 1 aromatic carbocycles. The highest BCUT2D eigenvalue weighted by Crippen LogP contribution is 2.18. The minimum atomic E-state index is -0.305. The van der Waals surface area contributed by atoms with E-state index in [9.17, 15) is 14.0 Å². The lowest BCUT2D eigenvalue weighted by atomic mass is 10.0. The molecule has 2 aromatic heterocycles. The Balaban J connectivity index is 1.51. The third-order valence-corrected chi connectivity index (χ3v) is 4.80. The van der Waals surface area contributed by atoms with Gasteiger partial charge < -0.3 is 9.88 Å². The van der Waals surface area contributed by atoms with Gasteiger partial charge in [0.25, 0.3) is 5.56 Å². The second-order valence-corrected chi connectivity index (χ2v) is 6.59. The standard InChI is InChI=1S/C20H18FN5O2/c21-15-4-2-1-3-13(15)5-6-18(27)26-10-7-14-17(12-26)24-19(25-20(14)28)16-11-22-8-9-23-16/h1-4,8-9,11H,5-7,10,12H2,(H,24,25,28). The van der Waals surface area contributed by atoms with Crippen LogP contribution in [0.1, 0.15) is 23.2 Å². The topological polar surface area (TPSA) is 91.8 Å². The van der Waals surface area contributed by atoms with E-state index in [4.69, 9.17) is 0 Å². The van der Waals surface area contributed by atoms with Gasteiger partial charge in [-0.1, -0.05) is 18.2 Å². The molecule has 3 heterocycles. The van der Waals surface area contributed by atoms with Crippen molar-refractivity contribution < 1.29 is 9.18 Å². The molecule has 1 amide bonds. The number of carbonyl (C=O) groups excluding carboxylic acids is 1. The van der Waals surface area contributed by atoms with Gasteiger partial charge in [0.2, 0.25) is 5.91 Å². The number of H-pyrrole nitrogens is 1. The molecule has 142 valence electrons. The highest BCUT2D eigenvalue weighted by molar-refractivity contribution is 5.76. The number of carbonyl (C=O) groups is 1. The second kappa shape index (κ2) is 7.67. The molecular formula is C20H18FN5O2. The maximum absolute atomic E-state index is 13.7. The molecule has 1 N–H and O–H groups in total. The number of hydrogen-bond donors (Lipinski definition) is 1. The highest BCUT2D eigenvalue weighted by atomic mass is 19.1. The molecular weight excluding hydrogens is 361 g/mol. The van der Waals surface area contributed by atoms with E-state index < -0.39 is 0 Å². The molecule has 0 fully saturated rings. The van der Waals surface area contributed by atoms with Gasteiger partial charge in [-0.2, -0.15) is 0 Å². The molecule has 3 aromatic rings. The van der Waals surface area contributed by atoms with E-state index in [1.807, 2.05) is 0 Å². The van der Waals surface area contributed by atoms with Crippen molar-refractivity contribution in [3.8, 4) is 11.5 Å². The Bertz CT molecular complexity index is 1070. The van der Waals surface area contributed by atoms with Crippen LogP contribution in [0, 0.1) is 5.82 Å². The number of nitrogens with one attached hydrogen (secondary N) is 1. The number of amides is 1. The van der Waals surface area contributed by atoms with Gasteiger partial charge in [-0.3, -0.25) is 14.6 Å². The minimum Gasteiger partial charge on any atom is -0.336 e. The molecule has 28 heavy (non-hydrogen) atoms. The Hall–Kier alpha value is -3.42. The van der Waals surface area contributed by atoms with Crippen molar-refractivity contribution in [2.45, 2.75) is 25.8 Å². The van der Waals surface area contributed by atoms with E-state index in [1.54, 1.807) is 23.1 Å². The van der Waals surface area contributed by atoms with Gasteiger partial charge in [0.1, 0.15) is 11.5 Å². The molecule has 8 heteroatoms. The molecule has 1 aliphatic heterocycles. The van der Waals surface area contributed by atoms with Crippen molar-refractivity contribution in [1.82, 2.24) is 24.8 Å². The molecule has 4 rings (SSSR count). The van der Waals surface area contributed by atoms with Gasteiger partial charge in [0.15, 0.2) is 5.82 Å². The van der Waals surface area contributed by atoms with Crippen LogP contribution in [0.25, 0.3) is 11.5 Å². The van der Waals surface area contributed by atoms with Gasteiger partial charge in [-0.25, -0.2) is 14.4 Å². The number of aryl methyl sites for hydroxylation is 1. The summed E-state index contributed by atoms with van der Waals surface area (Å²) >= 11 is 0. The fourth-order valence-electron chi connectivity index (χ4n) is 3.30. The number of rotatable bonds is 4. The molecule has 0 saturated heterocycles. The lowest BCUT2D eigenvalue weighted by Gasteiger charge is -2.28. The monoisotopic (exact) mass is 379 g/mol. The summed E-state index contributed by atoms with van der Waals surface area (Å²) in [4.78, 5) is 42.0. The first-order chi connectivity index (χ1) is 13.6. The fraction of sp³-hybridized carbons (Fsp3) is 0.250. The van der Waals surface area contributed by atoms with Gasteiger partial charge in [-0.05, 0) is 24.5 Å². The first-order valence-electron chi connectivity index (χ1n) is 9.01. The zero-order chi connectivity index (χ0) is 19.5. The molecule has 1 aliphatic rings. The van der Waals surface area contributed by atoms with Crippen LogP contribution in [0.5, 0.6) is 0 Å². The number of aromatic amines is 1. The molecule has 0 unspecified atom stereocenters. The van der Waals surface area contributed by atoms with Crippen LogP contribution in [0.2, 0.25) is 0 Å². The SMILES string of the molecule is O=C(CCc1ccccc1F)N1CCc2c(nc(-c3cnccn3)[nH]c2=O)C1. The van der Waals surface area contributed by atoms with Crippen molar-refractivity contribution in [2.24, 2.45) is 0 Å². The number of benzene rings is 1.